The number of hydrogen-bond donors (Lipinski definition) is 2. The van der Waals surface area contributed by atoms with E-state index in [0.717, 1.165) is 10.9 Å². The zero-order valence-electron chi connectivity index (χ0n) is 18.1. The molecule has 1 aliphatic heterocycles. The molecular formula is C21H28N4O5S. The summed E-state index contributed by atoms with van der Waals surface area (Å²) in [6.07, 6.45) is 3.07. The first-order valence-electron chi connectivity index (χ1n) is 10.1. The summed E-state index contributed by atoms with van der Waals surface area (Å²) in [5.74, 6) is -0.403. The third-order valence-electron chi connectivity index (χ3n) is 4.89. The number of sulfonamides is 1. The number of amides is 2. The molecule has 1 saturated heterocycles. The normalized spacial score (nSPS) is 17.5. The van der Waals surface area contributed by atoms with E-state index >= 15 is 0 Å². The smallest absolute Gasteiger partial charge is 0.408 e. The number of nitrogens with one attached hydrogen (secondary N) is 2. The van der Waals surface area contributed by atoms with Crippen LogP contribution in [0.1, 0.15) is 32.8 Å². The number of fused-ring (bicyclic) bond motifs is 1. The minimum Gasteiger partial charge on any atom is -0.444 e. The number of benzene rings is 1. The lowest BCUT2D eigenvalue weighted by Gasteiger charge is -2.20. The van der Waals surface area contributed by atoms with Crippen LogP contribution in [-0.2, 0) is 19.6 Å². The summed E-state index contributed by atoms with van der Waals surface area (Å²) >= 11 is 0. The Hall–Kier alpha value is -2.72. The van der Waals surface area contributed by atoms with Gasteiger partial charge in [-0.15, -0.1) is 0 Å². The number of pyridine rings is 1. The van der Waals surface area contributed by atoms with E-state index in [1.165, 1.54) is 4.31 Å². The Kier molecular flexibility index (Phi) is 6.51. The summed E-state index contributed by atoms with van der Waals surface area (Å²) in [5, 5.41) is 6.58. The zero-order valence-corrected chi connectivity index (χ0v) is 19.0. The largest absolute Gasteiger partial charge is 0.444 e. The molecular weight excluding hydrogens is 420 g/mol. The van der Waals surface area contributed by atoms with Crippen molar-refractivity contribution in [2.75, 3.05) is 19.6 Å². The fourth-order valence-corrected chi connectivity index (χ4v) is 5.18. The number of rotatable bonds is 5. The van der Waals surface area contributed by atoms with Gasteiger partial charge >= 0.3 is 6.09 Å². The van der Waals surface area contributed by atoms with E-state index in [4.69, 9.17) is 4.74 Å². The number of aromatic nitrogens is 1. The Morgan fingerprint density at radius 1 is 1.23 bits per heavy atom. The highest BCUT2D eigenvalue weighted by Gasteiger charge is 2.34. The summed E-state index contributed by atoms with van der Waals surface area (Å²) in [6.45, 7) is 7.29. The molecule has 2 aromatic rings. The molecule has 168 valence electrons. The van der Waals surface area contributed by atoms with Gasteiger partial charge in [0.1, 0.15) is 12.1 Å². The number of nitrogens with zero attached hydrogens (tertiary/aromatic N) is 2. The van der Waals surface area contributed by atoms with Crippen LogP contribution in [0.3, 0.4) is 0 Å². The lowest BCUT2D eigenvalue weighted by molar-refractivity contribution is -0.120. The first-order chi connectivity index (χ1) is 14.5. The van der Waals surface area contributed by atoms with Crippen molar-refractivity contribution in [3.05, 3.63) is 36.2 Å². The average molecular weight is 449 g/mol. The Bertz CT molecular complexity index is 1090. The van der Waals surface area contributed by atoms with Gasteiger partial charge in [-0.1, -0.05) is 12.1 Å². The zero-order chi connectivity index (χ0) is 22.8. The molecule has 0 spiro atoms. The molecule has 3 rings (SSSR count). The second kappa shape index (κ2) is 8.80. The van der Waals surface area contributed by atoms with Crippen LogP contribution in [-0.4, -0.2) is 61.0 Å². The number of alkyl carbamates (subject to hydrolysis) is 1. The van der Waals surface area contributed by atoms with Crippen LogP contribution in [0.5, 0.6) is 0 Å². The molecule has 1 atom stereocenters. The highest BCUT2D eigenvalue weighted by Crippen LogP contribution is 2.28. The van der Waals surface area contributed by atoms with Crippen molar-refractivity contribution in [2.24, 2.45) is 0 Å². The number of aryl methyl sites for hydroxylation is 1. The van der Waals surface area contributed by atoms with Crippen LogP contribution in [0.4, 0.5) is 4.79 Å². The van der Waals surface area contributed by atoms with E-state index in [-0.39, 0.29) is 24.0 Å². The van der Waals surface area contributed by atoms with Gasteiger partial charge in [0.15, 0.2) is 0 Å². The van der Waals surface area contributed by atoms with Crippen molar-refractivity contribution in [1.29, 1.82) is 0 Å². The minimum absolute atomic E-state index is 0.163. The van der Waals surface area contributed by atoms with E-state index in [9.17, 15) is 18.0 Å². The molecule has 0 aliphatic carbocycles. The molecule has 10 heteroatoms. The van der Waals surface area contributed by atoms with Crippen LogP contribution in [0, 0.1) is 6.92 Å². The molecule has 0 radical (unpaired) electrons. The van der Waals surface area contributed by atoms with Crippen molar-refractivity contribution < 1.29 is 22.7 Å². The fraction of sp³-hybridized carbons (Fsp3) is 0.476. The van der Waals surface area contributed by atoms with Crippen molar-refractivity contribution in [2.45, 2.75) is 50.7 Å². The molecule has 0 unspecified atom stereocenters. The lowest BCUT2D eigenvalue weighted by atomic mass is 10.1. The highest BCUT2D eigenvalue weighted by molar-refractivity contribution is 7.89. The minimum atomic E-state index is -3.74. The summed E-state index contributed by atoms with van der Waals surface area (Å²) in [7, 11) is -3.74. The average Bonchev–Trinajstić information content (AvgIpc) is 3.14. The van der Waals surface area contributed by atoms with Gasteiger partial charge in [-0.25, -0.2) is 13.2 Å². The first-order valence-corrected chi connectivity index (χ1v) is 11.5. The molecule has 1 aromatic carbocycles. The van der Waals surface area contributed by atoms with Crippen molar-refractivity contribution >= 4 is 32.8 Å². The predicted octanol–water partition coefficient (Wildman–Crippen LogP) is 1.95. The SMILES string of the molecule is Cc1cncc2c(S(=O)(=O)N3CC[C@@H](NC(=O)CNC(=O)OC(C)(C)C)C3)cccc12. The Labute approximate surface area is 182 Å². The van der Waals surface area contributed by atoms with E-state index in [2.05, 4.69) is 15.6 Å². The number of carbonyl (C=O) groups excluding carboxylic acids is 2. The molecule has 1 fully saturated rings. The van der Waals surface area contributed by atoms with Crippen LogP contribution in [0.2, 0.25) is 0 Å². The molecule has 0 bridgehead atoms. The Morgan fingerprint density at radius 2 is 1.97 bits per heavy atom. The van der Waals surface area contributed by atoms with Gasteiger partial charge in [0.05, 0.1) is 4.90 Å². The summed E-state index contributed by atoms with van der Waals surface area (Å²) in [5.41, 5.74) is 0.245. The topological polar surface area (TPSA) is 118 Å². The van der Waals surface area contributed by atoms with Crippen molar-refractivity contribution in [3.8, 4) is 0 Å². The maximum Gasteiger partial charge on any atom is 0.408 e. The Morgan fingerprint density at radius 3 is 2.68 bits per heavy atom. The second-order valence-corrected chi connectivity index (χ2v) is 10.5. The molecule has 9 nitrogen and oxygen atoms in total. The third kappa shape index (κ3) is 5.50. The summed E-state index contributed by atoms with van der Waals surface area (Å²) in [4.78, 5) is 28.2. The summed E-state index contributed by atoms with van der Waals surface area (Å²) < 4.78 is 33.0. The van der Waals surface area contributed by atoms with E-state index in [1.807, 2.05) is 13.0 Å². The van der Waals surface area contributed by atoms with E-state index < -0.39 is 27.6 Å². The van der Waals surface area contributed by atoms with Gasteiger partial charge in [0.2, 0.25) is 15.9 Å². The van der Waals surface area contributed by atoms with Gasteiger partial charge in [-0.3, -0.25) is 9.78 Å². The van der Waals surface area contributed by atoms with Crippen LogP contribution in [0.15, 0.2) is 35.5 Å². The molecule has 31 heavy (non-hydrogen) atoms. The quantitative estimate of drug-likeness (QED) is 0.722. The molecule has 1 aliphatic rings. The van der Waals surface area contributed by atoms with Gasteiger partial charge in [-0.2, -0.15) is 4.31 Å². The standard InChI is InChI=1S/C21H28N4O5S/c1-14-10-22-11-17-16(14)6-5-7-18(17)31(28,29)25-9-8-15(13-25)24-19(26)12-23-20(27)30-21(2,3)4/h5-7,10-11,15H,8-9,12-13H2,1-4H3,(H,23,27)(H,24,26)/t15-/m1/s1. The lowest BCUT2D eigenvalue weighted by Crippen LogP contribution is -2.44. The number of carbonyl (C=O) groups is 2. The third-order valence-corrected chi connectivity index (χ3v) is 6.81. The maximum atomic E-state index is 13.3. The van der Waals surface area contributed by atoms with Crippen molar-refractivity contribution in [3.63, 3.8) is 0 Å². The fourth-order valence-electron chi connectivity index (χ4n) is 3.49. The van der Waals surface area contributed by atoms with Crippen LogP contribution < -0.4 is 10.6 Å². The summed E-state index contributed by atoms with van der Waals surface area (Å²) in [6, 6.07) is 4.84. The molecule has 2 heterocycles. The van der Waals surface area contributed by atoms with Gasteiger partial charge < -0.3 is 15.4 Å². The second-order valence-electron chi connectivity index (χ2n) is 8.58. The van der Waals surface area contributed by atoms with Gasteiger partial charge in [0.25, 0.3) is 0 Å². The monoisotopic (exact) mass is 448 g/mol. The van der Waals surface area contributed by atoms with Gasteiger partial charge in [-0.05, 0) is 51.1 Å². The van der Waals surface area contributed by atoms with E-state index in [0.29, 0.717) is 18.4 Å². The Balaban J connectivity index is 1.62. The first kappa shape index (κ1) is 23.0. The molecule has 2 N–H and O–H groups in total. The molecule has 2 amide bonds. The highest BCUT2D eigenvalue weighted by atomic mass is 32.2. The maximum absolute atomic E-state index is 13.3. The van der Waals surface area contributed by atoms with Crippen LogP contribution >= 0.6 is 0 Å². The van der Waals surface area contributed by atoms with Crippen molar-refractivity contribution in [1.82, 2.24) is 19.9 Å². The van der Waals surface area contributed by atoms with Crippen LogP contribution in [0.25, 0.3) is 10.8 Å². The number of ether oxygens (including phenoxy) is 1. The molecule has 1 aromatic heterocycles. The molecule has 0 saturated carbocycles. The number of hydrogen-bond acceptors (Lipinski definition) is 6. The predicted molar refractivity (Wildman–Crippen MR) is 116 cm³/mol. The van der Waals surface area contributed by atoms with E-state index in [1.54, 1.807) is 45.3 Å². The van der Waals surface area contributed by atoms with Gasteiger partial charge in [0, 0.05) is 36.9 Å².